The number of nitrogens with zero attached hydrogens (tertiary/aromatic N) is 1. The Balaban J connectivity index is 1.61. The molecule has 116 valence electrons. The van der Waals surface area contributed by atoms with E-state index in [1.807, 2.05) is 6.07 Å². The van der Waals surface area contributed by atoms with Crippen molar-refractivity contribution in [1.82, 2.24) is 9.97 Å². The van der Waals surface area contributed by atoms with Crippen molar-refractivity contribution in [2.45, 2.75) is 6.54 Å². The molecular weight excluding hydrogens is 314 g/mol. The molecule has 5 aromatic rings. The summed E-state index contributed by atoms with van der Waals surface area (Å²) in [6.45, 7) is 0.789. The van der Waals surface area contributed by atoms with Crippen molar-refractivity contribution in [2.24, 2.45) is 0 Å². The van der Waals surface area contributed by atoms with Gasteiger partial charge in [0.15, 0.2) is 5.13 Å². The number of hydrogen-bond acceptors (Lipinski definition) is 3. The highest BCUT2D eigenvalue weighted by molar-refractivity contribution is 7.23. The topological polar surface area (TPSA) is 40.7 Å². The molecule has 0 unspecified atom stereocenters. The number of fused-ring (bicyclic) bond motifs is 5. The number of rotatable bonds is 3. The summed E-state index contributed by atoms with van der Waals surface area (Å²) in [4.78, 5) is 8.25. The molecule has 2 heterocycles. The standard InChI is InChI=1S/C20H15N3S/c1-2-6-13(7-3-1)12-21-20-23-17-11-10-16-18(19(17)24-20)14-8-4-5-9-15(14)22-16/h1-11,22H,12H2,(H,21,23). The molecule has 0 bridgehead atoms. The van der Waals surface area contributed by atoms with Gasteiger partial charge in [-0.3, -0.25) is 0 Å². The van der Waals surface area contributed by atoms with Crippen LogP contribution in [-0.2, 0) is 6.54 Å². The van der Waals surface area contributed by atoms with E-state index in [-0.39, 0.29) is 0 Å². The van der Waals surface area contributed by atoms with Gasteiger partial charge in [-0.1, -0.05) is 59.9 Å². The van der Waals surface area contributed by atoms with Crippen molar-refractivity contribution in [3.8, 4) is 0 Å². The van der Waals surface area contributed by atoms with Crippen LogP contribution in [0.4, 0.5) is 5.13 Å². The first-order chi connectivity index (χ1) is 11.9. The van der Waals surface area contributed by atoms with Crippen LogP contribution in [0.2, 0.25) is 0 Å². The second-order valence-corrected chi connectivity index (χ2v) is 6.86. The van der Waals surface area contributed by atoms with Crippen LogP contribution in [0.25, 0.3) is 32.0 Å². The minimum absolute atomic E-state index is 0.789. The normalized spacial score (nSPS) is 11.5. The van der Waals surface area contributed by atoms with Crippen LogP contribution in [0.3, 0.4) is 0 Å². The van der Waals surface area contributed by atoms with E-state index in [1.165, 1.54) is 32.1 Å². The highest BCUT2D eigenvalue weighted by Crippen LogP contribution is 2.37. The van der Waals surface area contributed by atoms with E-state index in [9.17, 15) is 0 Å². The van der Waals surface area contributed by atoms with Gasteiger partial charge in [-0.2, -0.15) is 0 Å². The fourth-order valence-electron chi connectivity index (χ4n) is 3.17. The highest BCUT2D eigenvalue weighted by atomic mass is 32.1. The monoisotopic (exact) mass is 329 g/mol. The Morgan fingerprint density at radius 3 is 2.62 bits per heavy atom. The molecule has 24 heavy (non-hydrogen) atoms. The van der Waals surface area contributed by atoms with E-state index in [0.717, 1.165) is 17.2 Å². The van der Waals surface area contributed by atoms with Crippen LogP contribution >= 0.6 is 11.3 Å². The van der Waals surface area contributed by atoms with Crippen LogP contribution in [0, 0.1) is 0 Å². The number of benzene rings is 3. The predicted octanol–water partition coefficient (Wildman–Crippen LogP) is 5.54. The minimum Gasteiger partial charge on any atom is -0.357 e. The van der Waals surface area contributed by atoms with Gasteiger partial charge in [0.05, 0.1) is 10.2 Å². The number of aromatic amines is 1. The Kier molecular flexibility index (Phi) is 3.03. The van der Waals surface area contributed by atoms with Crippen molar-refractivity contribution in [1.29, 1.82) is 0 Å². The van der Waals surface area contributed by atoms with Gasteiger partial charge in [0.25, 0.3) is 0 Å². The molecule has 0 saturated carbocycles. The molecule has 2 aromatic heterocycles. The highest BCUT2D eigenvalue weighted by Gasteiger charge is 2.12. The Hall–Kier alpha value is -2.85. The summed E-state index contributed by atoms with van der Waals surface area (Å²) in [5.74, 6) is 0. The first-order valence-electron chi connectivity index (χ1n) is 7.96. The van der Waals surface area contributed by atoms with Gasteiger partial charge in [-0.25, -0.2) is 4.98 Å². The average Bonchev–Trinajstić information content (AvgIpc) is 3.21. The SMILES string of the molecule is c1ccc(CNc2nc3ccc4[nH]c5ccccc5c4c3s2)cc1. The smallest absolute Gasteiger partial charge is 0.184 e. The summed E-state index contributed by atoms with van der Waals surface area (Å²) in [5, 5.41) is 6.95. The number of H-pyrrole nitrogens is 1. The largest absolute Gasteiger partial charge is 0.357 e. The molecule has 0 fully saturated rings. The van der Waals surface area contributed by atoms with Crippen molar-refractivity contribution in [3.05, 3.63) is 72.3 Å². The van der Waals surface area contributed by atoms with E-state index >= 15 is 0 Å². The van der Waals surface area contributed by atoms with E-state index < -0.39 is 0 Å². The van der Waals surface area contributed by atoms with Gasteiger partial charge in [0, 0.05) is 28.4 Å². The minimum atomic E-state index is 0.789. The Morgan fingerprint density at radius 1 is 0.875 bits per heavy atom. The van der Waals surface area contributed by atoms with Gasteiger partial charge in [0.2, 0.25) is 0 Å². The summed E-state index contributed by atoms with van der Waals surface area (Å²) < 4.78 is 1.24. The van der Waals surface area contributed by atoms with E-state index in [2.05, 4.69) is 71.0 Å². The molecule has 4 heteroatoms. The second kappa shape index (κ2) is 5.35. The average molecular weight is 329 g/mol. The van der Waals surface area contributed by atoms with Crippen LogP contribution in [0.1, 0.15) is 5.56 Å². The third kappa shape index (κ3) is 2.15. The number of para-hydroxylation sites is 1. The van der Waals surface area contributed by atoms with Crippen LogP contribution in [0.15, 0.2) is 66.7 Å². The van der Waals surface area contributed by atoms with Gasteiger partial charge in [-0.15, -0.1) is 0 Å². The maximum absolute atomic E-state index is 4.76. The predicted molar refractivity (Wildman–Crippen MR) is 103 cm³/mol. The number of anilines is 1. The lowest BCUT2D eigenvalue weighted by atomic mass is 10.1. The lowest BCUT2D eigenvalue weighted by molar-refractivity contribution is 1.14. The van der Waals surface area contributed by atoms with Crippen molar-refractivity contribution in [3.63, 3.8) is 0 Å². The van der Waals surface area contributed by atoms with E-state index in [0.29, 0.717) is 0 Å². The molecule has 0 aliphatic carbocycles. The number of aromatic nitrogens is 2. The Morgan fingerprint density at radius 2 is 1.71 bits per heavy atom. The fourth-order valence-corrected chi connectivity index (χ4v) is 4.19. The molecule has 0 spiro atoms. The fraction of sp³-hybridized carbons (Fsp3) is 0.0500. The summed E-state index contributed by atoms with van der Waals surface area (Å²) >= 11 is 1.72. The quantitative estimate of drug-likeness (QED) is 0.456. The van der Waals surface area contributed by atoms with E-state index in [1.54, 1.807) is 11.3 Å². The van der Waals surface area contributed by atoms with Crippen LogP contribution in [0.5, 0.6) is 0 Å². The molecule has 3 nitrogen and oxygen atoms in total. The molecule has 0 atom stereocenters. The molecule has 0 aliphatic heterocycles. The summed E-state index contributed by atoms with van der Waals surface area (Å²) in [7, 11) is 0. The van der Waals surface area contributed by atoms with E-state index in [4.69, 9.17) is 4.98 Å². The third-order valence-corrected chi connectivity index (χ3v) is 5.36. The molecule has 2 N–H and O–H groups in total. The van der Waals surface area contributed by atoms with Crippen LogP contribution in [-0.4, -0.2) is 9.97 Å². The first-order valence-corrected chi connectivity index (χ1v) is 8.78. The van der Waals surface area contributed by atoms with Gasteiger partial charge in [-0.05, 0) is 23.8 Å². The maximum atomic E-state index is 4.76. The third-order valence-electron chi connectivity index (χ3n) is 4.31. The van der Waals surface area contributed by atoms with Gasteiger partial charge < -0.3 is 10.3 Å². The molecular formula is C20H15N3S. The summed E-state index contributed by atoms with van der Waals surface area (Å²) in [6.07, 6.45) is 0. The number of nitrogens with one attached hydrogen (secondary N) is 2. The zero-order valence-corrected chi connectivity index (χ0v) is 13.7. The molecule has 0 saturated heterocycles. The van der Waals surface area contributed by atoms with Crippen molar-refractivity contribution >= 4 is 48.5 Å². The molecule has 0 aliphatic rings. The number of hydrogen-bond donors (Lipinski definition) is 2. The summed E-state index contributed by atoms with van der Waals surface area (Å²) in [5.41, 5.74) is 4.65. The zero-order valence-electron chi connectivity index (χ0n) is 12.9. The van der Waals surface area contributed by atoms with Gasteiger partial charge >= 0.3 is 0 Å². The maximum Gasteiger partial charge on any atom is 0.184 e. The number of thiazole rings is 1. The van der Waals surface area contributed by atoms with Crippen molar-refractivity contribution < 1.29 is 0 Å². The Bertz CT molecular complexity index is 1160. The van der Waals surface area contributed by atoms with Crippen molar-refractivity contribution in [2.75, 3.05) is 5.32 Å². The second-order valence-electron chi connectivity index (χ2n) is 5.87. The molecule has 0 radical (unpaired) electrons. The zero-order chi connectivity index (χ0) is 15.9. The van der Waals surface area contributed by atoms with Crippen LogP contribution < -0.4 is 5.32 Å². The lowest BCUT2D eigenvalue weighted by Crippen LogP contribution is -1.97. The lowest BCUT2D eigenvalue weighted by Gasteiger charge is -2.01. The van der Waals surface area contributed by atoms with Gasteiger partial charge in [0.1, 0.15) is 0 Å². The molecule has 3 aromatic carbocycles. The summed E-state index contributed by atoms with van der Waals surface area (Å²) in [6, 6.07) is 23.1. The molecule has 5 rings (SSSR count). The Labute approximate surface area is 143 Å². The first kappa shape index (κ1) is 13.6. The molecule has 0 amide bonds.